The van der Waals surface area contributed by atoms with Crippen molar-refractivity contribution in [2.45, 2.75) is 37.5 Å². The topological polar surface area (TPSA) is 71.4 Å². The van der Waals surface area contributed by atoms with Gasteiger partial charge in [-0.15, -0.1) is 0 Å². The van der Waals surface area contributed by atoms with Crippen molar-refractivity contribution in [1.29, 1.82) is 0 Å². The van der Waals surface area contributed by atoms with Gasteiger partial charge in [-0.05, 0) is 67.6 Å². The molecule has 4 rings (SSSR count). The Morgan fingerprint density at radius 3 is 1.97 bits per heavy atom. The molecule has 0 amide bonds. The summed E-state index contributed by atoms with van der Waals surface area (Å²) in [7, 11) is -4.17. The predicted octanol–water partition coefficient (Wildman–Crippen LogP) is 5.03. The van der Waals surface area contributed by atoms with Crippen LogP contribution in [0.3, 0.4) is 0 Å². The molecule has 0 spiro atoms. The molecule has 0 saturated heterocycles. The summed E-state index contributed by atoms with van der Waals surface area (Å²) in [5, 5.41) is 10.9. The maximum atomic E-state index is 13.5. The number of aromatic hydroxyl groups is 1. The molecule has 0 fully saturated rings. The fourth-order valence-corrected chi connectivity index (χ4v) is 5.81. The zero-order chi connectivity index (χ0) is 21.8. The molecule has 5 heteroatoms. The van der Waals surface area contributed by atoms with Gasteiger partial charge in [0.2, 0.25) is 15.3 Å². The van der Waals surface area contributed by atoms with Gasteiger partial charge in [0.05, 0.1) is 4.90 Å². The van der Waals surface area contributed by atoms with Gasteiger partial charge in [-0.25, -0.2) is 8.42 Å². The largest absolute Gasteiger partial charge is 0.506 e. The van der Waals surface area contributed by atoms with Crippen LogP contribution in [0, 0.1) is 27.7 Å². The van der Waals surface area contributed by atoms with Crippen molar-refractivity contribution >= 4 is 9.84 Å². The third kappa shape index (κ3) is 2.89. The lowest BCUT2D eigenvalue weighted by Gasteiger charge is -2.09. The highest BCUT2D eigenvalue weighted by molar-refractivity contribution is 7.91. The van der Waals surface area contributed by atoms with Crippen molar-refractivity contribution in [1.82, 2.24) is 0 Å². The van der Waals surface area contributed by atoms with Gasteiger partial charge in [0.25, 0.3) is 0 Å². The van der Waals surface area contributed by atoms with Crippen molar-refractivity contribution in [3.63, 3.8) is 0 Å². The second-order valence-electron chi connectivity index (χ2n) is 7.78. The van der Waals surface area contributed by atoms with Crippen LogP contribution in [0.4, 0.5) is 0 Å². The van der Waals surface area contributed by atoms with Crippen LogP contribution < -0.4 is 5.43 Å². The molecule has 0 aromatic heterocycles. The number of benzene rings is 1. The molecule has 1 N–H and O–H groups in total. The number of fused-ring (bicyclic) bond motifs is 3. The number of hydrogen-bond donors (Lipinski definition) is 1. The SMILES string of the molecule is Cc1cc(C)c2c(C)ccc3c(O)c(S(=O)(=O)c4ccccc4)c(=O)c-3c-2c(C)c1. The highest BCUT2D eigenvalue weighted by Crippen LogP contribution is 2.45. The second kappa shape index (κ2) is 6.96. The summed E-state index contributed by atoms with van der Waals surface area (Å²) in [5.41, 5.74) is 5.21. The Balaban J connectivity index is 2.22. The number of aryl methyl sites for hydroxylation is 4. The number of sulfone groups is 1. The molecule has 0 radical (unpaired) electrons. The molecule has 4 nitrogen and oxygen atoms in total. The molecule has 0 atom stereocenters. The number of hydrogen-bond acceptors (Lipinski definition) is 4. The predicted molar refractivity (Wildman–Crippen MR) is 118 cm³/mol. The summed E-state index contributed by atoms with van der Waals surface area (Å²) >= 11 is 0. The van der Waals surface area contributed by atoms with E-state index >= 15 is 0 Å². The van der Waals surface area contributed by atoms with E-state index < -0.39 is 25.9 Å². The van der Waals surface area contributed by atoms with Gasteiger partial charge >= 0.3 is 0 Å². The van der Waals surface area contributed by atoms with E-state index in [1.807, 2.05) is 45.9 Å². The summed E-state index contributed by atoms with van der Waals surface area (Å²) < 4.78 is 26.5. The molecular formula is C25H22O4S. The van der Waals surface area contributed by atoms with Crippen LogP contribution >= 0.6 is 0 Å². The van der Waals surface area contributed by atoms with Crippen molar-refractivity contribution in [3.05, 3.63) is 87.1 Å². The van der Waals surface area contributed by atoms with Crippen LogP contribution in [0.5, 0.6) is 5.75 Å². The van der Waals surface area contributed by atoms with Gasteiger partial charge in [0.15, 0.2) is 4.90 Å². The molecule has 1 aromatic rings. The van der Waals surface area contributed by atoms with Crippen molar-refractivity contribution in [2.75, 3.05) is 0 Å². The normalized spacial score (nSPS) is 11.9. The standard InChI is InChI=1S/C25H22O4S/c1-14-12-16(3)20-15(2)10-11-19-22(21(20)17(4)13-14)24(27)25(23(19)26)30(28,29)18-8-6-5-7-9-18/h5-13,26H,1-4H3. The van der Waals surface area contributed by atoms with E-state index in [4.69, 9.17) is 0 Å². The molecule has 0 aliphatic heterocycles. The Bertz CT molecular complexity index is 1400. The molecule has 3 aliphatic carbocycles. The molecular weight excluding hydrogens is 396 g/mol. The Kier molecular flexibility index (Phi) is 4.66. The second-order valence-corrected chi connectivity index (χ2v) is 9.66. The Labute approximate surface area is 176 Å². The highest BCUT2D eigenvalue weighted by atomic mass is 32.2. The maximum Gasteiger partial charge on any atom is 0.214 e. The van der Waals surface area contributed by atoms with Gasteiger partial charge in [0, 0.05) is 11.1 Å². The Hall–Kier alpha value is -3.18. The van der Waals surface area contributed by atoms with E-state index in [9.17, 15) is 18.3 Å². The molecule has 0 saturated carbocycles. The minimum Gasteiger partial charge on any atom is -0.506 e. The molecule has 3 aliphatic rings. The first-order valence-electron chi connectivity index (χ1n) is 9.65. The van der Waals surface area contributed by atoms with Crippen molar-refractivity contribution in [3.8, 4) is 28.0 Å². The fourth-order valence-electron chi connectivity index (χ4n) is 4.35. The first-order valence-corrected chi connectivity index (χ1v) is 11.1. The monoisotopic (exact) mass is 418 g/mol. The van der Waals surface area contributed by atoms with E-state index in [0.29, 0.717) is 5.56 Å². The summed E-state index contributed by atoms with van der Waals surface area (Å²) in [6.45, 7) is 7.81. The quantitative estimate of drug-likeness (QED) is 0.496. The highest BCUT2D eigenvalue weighted by Gasteiger charge is 2.34. The van der Waals surface area contributed by atoms with E-state index in [0.717, 1.165) is 27.8 Å². The fraction of sp³-hybridized carbons (Fsp3) is 0.160. The van der Waals surface area contributed by atoms with Gasteiger partial charge < -0.3 is 5.11 Å². The summed E-state index contributed by atoms with van der Waals surface area (Å²) in [6, 6.07) is 15.2. The van der Waals surface area contributed by atoms with Gasteiger partial charge in [-0.1, -0.05) is 48.0 Å². The van der Waals surface area contributed by atoms with Crippen LogP contribution in [0.25, 0.3) is 22.3 Å². The van der Waals surface area contributed by atoms with Crippen LogP contribution in [-0.4, -0.2) is 13.5 Å². The van der Waals surface area contributed by atoms with Crippen molar-refractivity contribution < 1.29 is 13.5 Å². The third-order valence-electron chi connectivity index (χ3n) is 5.57. The van der Waals surface area contributed by atoms with Crippen LogP contribution in [0.15, 0.2) is 69.2 Å². The smallest absolute Gasteiger partial charge is 0.214 e. The zero-order valence-corrected chi connectivity index (χ0v) is 18.1. The summed E-state index contributed by atoms with van der Waals surface area (Å²) in [5.74, 6) is -0.490. The van der Waals surface area contributed by atoms with Crippen LogP contribution in [0.2, 0.25) is 0 Å². The molecule has 0 bridgehead atoms. The lowest BCUT2D eigenvalue weighted by molar-refractivity contribution is 0.463. The van der Waals surface area contributed by atoms with Crippen molar-refractivity contribution in [2.24, 2.45) is 0 Å². The summed E-state index contributed by atoms with van der Waals surface area (Å²) in [6.07, 6.45) is 0. The van der Waals surface area contributed by atoms with Gasteiger partial charge in [-0.3, -0.25) is 4.79 Å². The summed E-state index contributed by atoms with van der Waals surface area (Å²) in [4.78, 5) is 13.0. The minimum absolute atomic E-state index is 0.0214. The molecule has 0 heterocycles. The third-order valence-corrected chi connectivity index (χ3v) is 7.38. The van der Waals surface area contributed by atoms with E-state index in [1.165, 1.54) is 12.1 Å². The van der Waals surface area contributed by atoms with E-state index in [-0.39, 0.29) is 16.0 Å². The van der Waals surface area contributed by atoms with E-state index in [1.54, 1.807) is 24.3 Å². The molecule has 30 heavy (non-hydrogen) atoms. The maximum absolute atomic E-state index is 13.5. The lowest BCUT2D eigenvalue weighted by atomic mass is 9.93. The number of rotatable bonds is 2. The zero-order valence-electron chi connectivity index (χ0n) is 17.3. The minimum atomic E-state index is -4.17. The molecule has 0 unspecified atom stereocenters. The lowest BCUT2D eigenvalue weighted by Crippen LogP contribution is -2.12. The average molecular weight is 419 g/mol. The Morgan fingerprint density at radius 1 is 0.733 bits per heavy atom. The first kappa shape index (κ1) is 20.1. The van der Waals surface area contributed by atoms with Gasteiger partial charge in [0.1, 0.15) is 5.75 Å². The Morgan fingerprint density at radius 2 is 1.33 bits per heavy atom. The van der Waals surface area contributed by atoms with E-state index in [2.05, 4.69) is 0 Å². The molecule has 152 valence electrons. The average Bonchev–Trinajstić information content (AvgIpc) is 2.79. The molecule has 1 aromatic carbocycles. The van der Waals surface area contributed by atoms with Gasteiger partial charge in [-0.2, -0.15) is 0 Å². The first-order chi connectivity index (χ1) is 14.1. The van der Waals surface area contributed by atoms with Crippen LogP contribution in [-0.2, 0) is 9.84 Å². The van der Waals surface area contributed by atoms with Crippen LogP contribution in [0.1, 0.15) is 22.3 Å².